The minimum Gasteiger partial charge on any atom is -0.550 e. The zero-order valence-electron chi connectivity index (χ0n) is 34.6. The number of carboxylic acids is 1. The molecular formula is C44H72F6N2O4S2. The summed E-state index contributed by atoms with van der Waals surface area (Å²) in [5, 5.41) is 8.89. The van der Waals surface area contributed by atoms with E-state index in [4.69, 9.17) is 14.1 Å². The zero-order valence-corrected chi connectivity index (χ0v) is 36.3. The second-order valence-corrected chi connectivity index (χ2v) is 20.5. The summed E-state index contributed by atoms with van der Waals surface area (Å²) >= 11 is 0. The molecule has 0 spiro atoms. The summed E-state index contributed by atoms with van der Waals surface area (Å²) in [6.07, 6.45) is 11.7. The summed E-state index contributed by atoms with van der Waals surface area (Å²) in [7, 11) is -13.1. The number of benzene rings is 2. The topological polar surface area (TPSA) is 114 Å². The van der Waals surface area contributed by atoms with Crippen LogP contribution in [0.4, 0.5) is 23.3 Å². The average molecular weight is 871 g/mol. The summed E-state index contributed by atoms with van der Waals surface area (Å²) < 4.78 is 87.7. The van der Waals surface area contributed by atoms with Crippen LogP contribution in [0.15, 0.2) is 40.8 Å². The number of aliphatic carboxylic acids is 1. The molecule has 4 aliphatic carbocycles. The van der Waals surface area contributed by atoms with Gasteiger partial charge in [0.25, 0.3) is 0 Å². The van der Waals surface area contributed by atoms with E-state index in [0.29, 0.717) is 28.6 Å². The van der Waals surface area contributed by atoms with Gasteiger partial charge in [0.05, 0.1) is 13.1 Å². The number of rotatable bonds is 5. The van der Waals surface area contributed by atoms with E-state index >= 15 is 0 Å². The summed E-state index contributed by atoms with van der Waals surface area (Å²) in [6, 6.07) is 14.2. The van der Waals surface area contributed by atoms with Gasteiger partial charge in [-0.25, -0.2) is 0 Å². The summed E-state index contributed by atoms with van der Waals surface area (Å²) in [4.78, 5) is 8.89. The van der Waals surface area contributed by atoms with Gasteiger partial charge in [-0.3, -0.25) is 0 Å². The van der Waals surface area contributed by atoms with E-state index in [2.05, 4.69) is 102 Å². The molecule has 0 unspecified atom stereocenters. The van der Waals surface area contributed by atoms with E-state index < -0.39 is 27.1 Å². The highest BCUT2D eigenvalue weighted by atomic mass is 32.4. The fourth-order valence-electron chi connectivity index (χ4n) is 10.7. The first-order valence-corrected chi connectivity index (χ1v) is 22.7. The predicted octanol–water partition coefficient (Wildman–Crippen LogP) is 11.5. The Balaban J connectivity index is 0.000000462. The van der Waals surface area contributed by atoms with Gasteiger partial charge in [0.1, 0.15) is 0 Å². The number of halogens is 6. The average Bonchev–Trinajstić information content (AvgIpc) is 3.05. The number of aryl methyl sites for hydroxylation is 2. The maximum absolute atomic E-state index is 12.9. The number of nitrogens with zero attached hydrogens (tertiary/aromatic N) is 1. The van der Waals surface area contributed by atoms with Crippen molar-refractivity contribution in [2.75, 3.05) is 13.1 Å². The molecule has 2 aromatic rings. The van der Waals surface area contributed by atoms with Crippen molar-refractivity contribution in [1.29, 1.82) is 0 Å². The first-order chi connectivity index (χ1) is 25.4. The highest BCUT2D eigenvalue weighted by Crippen LogP contribution is 2.58. The molecule has 6 nitrogen and oxygen atoms in total. The Labute approximate surface area is 347 Å². The van der Waals surface area contributed by atoms with E-state index in [-0.39, 0.29) is 32.2 Å². The minimum atomic E-state index is -8.10. The van der Waals surface area contributed by atoms with Crippen molar-refractivity contribution in [3.63, 3.8) is 0 Å². The molecule has 0 saturated heterocycles. The van der Waals surface area contributed by atoms with Gasteiger partial charge in [0.2, 0.25) is 0 Å². The van der Waals surface area contributed by atoms with Gasteiger partial charge in [0.15, 0.2) is 0 Å². The second-order valence-electron chi connectivity index (χ2n) is 18.2. The summed E-state index contributed by atoms with van der Waals surface area (Å²) in [6.45, 7) is 20.5. The zero-order chi connectivity index (χ0) is 42.7. The molecule has 0 heterocycles. The van der Waals surface area contributed by atoms with E-state index in [1.807, 2.05) is 0 Å². The van der Waals surface area contributed by atoms with Gasteiger partial charge in [-0.2, -0.15) is 12.8 Å². The van der Waals surface area contributed by atoms with Crippen LogP contribution in [0.25, 0.3) is 0 Å². The Kier molecular flexibility index (Phi) is 18.0. The molecule has 3 N–H and O–H groups in total. The minimum absolute atomic E-state index is 0. The van der Waals surface area contributed by atoms with Crippen molar-refractivity contribution in [1.82, 2.24) is 0 Å². The summed E-state index contributed by atoms with van der Waals surface area (Å²) in [5.74, 6) is 1.18. The fraction of sp³-hybridized carbons (Fsp3) is 0.705. The van der Waals surface area contributed by atoms with Gasteiger partial charge < -0.3 is 15.6 Å². The van der Waals surface area contributed by atoms with Gasteiger partial charge in [-0.05, 0) is 132 Å². The van der Waals surface area contributed by atoms with E-state index in [9.17, 15) is 27.5 Å². The Bertz CT molecular complexity index is 1880. The lowest BCUT2D eigenvalue weighted by Gasteiger charge is -2.55. The molecule has 2 saturated carbocycles. The van der Waals surface area contributed by atoms with Crippen LogP contribution in [0.5, 0.6) is 0 Å². The monoisotopic (exact) mass is 870 g/mol. The molecule has 2 fully saturated rings. The molecule has 0 amide bonds. The smallest absolute Gasteiger partial charge is 0.456 e. The highest BCUT2D eigenvalue weighted by Gasteiger charge is 2.53. The first-order valence-electron chi connectivity index (χ1n) is 19.8. The third-order valence-electron chi connectivity index (χ3n) is 13.5. The van der Waals surface area contributed by atoms with Gasteiger partial charge >= 0.3 is 21.1 Å². The van der Waals surface area contributed by atoms with E-state index in [0.717, 1.165) is 51.5 Å². The second kappa shape index (κ2) is 19.5. The lowest BCUT2D eigenvalue weighted by molar-refractivity contribution is -0.399. The number of hydrogen-bond acceptors (Lipinski definition) is 5. The van der Waals surface area contributed by atoms with Crippen LogP contribution < -0.4 is 10.8 Å². The van der Waals surface area contributed by atoms with Crippen molar-refractivity contribution in [3.05, 3.63) is 69.8 Å². The lowest BCUT2D eigenvalue weighted by Crippen LogP contribution is -2.63. The maximum Gasteiger partial charge on any atom is 0.456 e. The molecule has 4 aliphatic rings. The Morgan fingerprint density at radius 1 is 0.793 bits per heavy atom. The number of carbonyl (C=O) groups is 1. The van der Waals surface area contributed by atoms with Crippen LogP contribution >= 0.6 is 0 Å². The fourth-order valence-corrected chi connectivity index (χ4v) is 11.2. The molecule has 6 atom stereocenters. The molecule has 0 bridgehead atoms. The maximum atomic E-state index is 12.9. The number of hydrogen-bond donors (Lipinski definition) is 1. The quantitative estimate of drug-likeness (QED) is 0.238. The molecule has 0 radical (unpaired) electrons. The number of carbonyl (C=O) groups excluding carboxylic acids is 1. The van der Waals surface area contributed by atoms with E-state index in [1.165, 1.54) is 54.4 Å². The first kappa shape index (κ1) is 53.6. The molecule has 336 valence electrons. The Morgan fingerprint density at radius 2 is 1.14 bits per heavy atom. The van der Waals surface area contributed by atoms with Crippen molar-refractivity contribution in [3.8, 4) is 0 Å². The third-order valence-corrected chi connectivity index (χ3v) is 13.9. The van der Waals surface area contributed by atoms with Crippen LogP contribution in [-0.2, 0) is 49.6 Å². The largest absolute Gasteiger partial charge is 0.550 e. The summed E-state index contributed by atoms with van der Waals surface area (Å²) in [5.41, 5.74) is 13.8. The molecule has 6 rings (SSSR count). The van der Waals surface area contributed by atoms with E-state index in [1.54, 1.807) is 11.1 Å². The van der Waals surface area contributed by atoms with Crippen LogP contribution in [0.1, 0.15) is 174 Å². The molecule has 58 heavy (non-hydrogen) atoms. The van der Waals surface area contributed by atoms with Gasteiger partial charge in [-0.15, -0.1) is 0 Å². The number of carboxylic acid groups (broad SMARTS) is 1. The molecule has 0 aliphatic heterocycles. The van der Waals surface area contributed by atoms with Gasteiger partial charge in [-0.1, -0.05) is 143 Å². The standard InChI is InChI=1S/C20H29F2NOS.C20H31N.C2H4O2.2CH4.F4OS/c1-14(2)15-6-8-17-16(12-15)7-9-18-19(3,13-23-25(21,22)24)10-5-11-20(17,18)4;1-14(2)15-6-8-17-16(12-15)7-9-18-19(3,13-21)10-5-11-20(17,18)4;1-2(3)4;;;1-6(2,3,4)5/h6,8,12,14,18H,5,7,9-11,13H2,1-4H3;6,8,12,14,18H,5,7,9-11,13,21H2,1-4H3;1H3,(H,3,4);2*1H4;/t2*18-,19-,20+;;;;/m00..../s1. The number of fused-ring (bicyclic) bond motifs is 6. The van der Waals surface area contributed by atoms with Gasteiger partial charge in [0, 0.05) is 11.4 Å². The van der Waals surface area contributed by atoms with Crippen molar-refractivity contribution < 1.29 is 47.4 Å². The third kappa shape index (κ3) is 13.8. The Hall–Kier alpha value is -2.45. The SMILES string of the molecule is C.C.CC(=O)[O-].CC(C)c1ccc2c(c1)CC[C@H]1[C@](C)(CN=S(=O)(F)F)CCC[C@]21C.CC(C)c1ccc2c(c1)CC[C@H]1[C@](C)(C[NH3+])CCC[C@]21C.O=S(F)(F)(F)F. The lowest BCUT2D eigenvalue weighted by atomic mass is 9.50. The predicted molar refractivity (Wildman–Crippen MR) is 225 cm³/mol. The number of quaternary nitrogens is 1. The van der Waals surface area contributed by atoms with Crippen LogP contribution in [0.2, 0.25) is 0 Å². The van der Waals surface area contributed by atoms with Crippen LogP contribution in [0.3, 0.4) is 0 Å². The van der Waals surface area contributed by atoms with Crippen molar-refractivity contribution in [2.24, 2.45) is 27.0 Å². The molecule has 0 aromatic heterocycles. The van der Waals surface area contributed by atoms with Crippen LogP contribution in [0, 0.1) is 22.7 Å². The molecular weight excluding hydrogens is 799 g/mol. The van der Waals surface area contributed by atoms with Crippen LogP contribution in [-0.4, -0.2) is 27.5 Å². The molecule has 14 heteroatoms. The Morgan fingerprint density at radius 3 is 1.47 bits per heavy atom. The van der Waals surface area contributed by atoms with Crippen molar-refractivity contribution in [2.45, 2.75) is 164 Å². The van der Waals surface area contributed by atoms with Crippen molar-refractivity contribution >= 4 is 27.1 Å². The molecule has 2 aromatic carbocycles. The normalized spacial score (nSPS) is 29.1. The highest BCUT2D eigenvalue weighted by molar-refractivity contribution is 8.01.